The number of carbonyl (C=O) groups excluding carboxylic acids is 1. The van der Waals surface area contributed by atoms with Gasteiger partial charge in [-0.2, -0.15) is 0 Å². The highest BCUT2D eigenvalue weighted by atomic mass is 19.1. The highest BCUT2D eigenvalue weighted by molar-refractivity contribution is 5.95. The molecule has 0 N–H and O–H groups in total. The summed E-state index contributed by atoms with van der Waals surface area (Å²) in [5.41, 5.74) is 2.92. The van der Waals surface area contributed by atoms with Gasteiger partial charge in [0.1, 0.15) is 5.82 Å². The maximum absolute atomic E-state index is 13.1. The van der Waals surface area contributed by atoms with E-state index >= 15 is 0 Å². The first-order valence-corrected chi connectivity index (χ1v) is 8.25. The van der Waals surface area contributed by atoms with Crippen molar-refractivity contribution in [2.75, 3.05) is 13.1 Å². The molecule has 1 aliphatic rings. The Morgan fingerprint density at radius 2 is 1.83 bits per heavy atom. The fourth-order valence-electron chi connectivity index (χ4n) is 3.32. The molecule has 1 atom stereocenters. The number of amides is 1. The predicted octanol–water partition coefficient (Wildman–Crippen LogP) is 4.54. The van der Waals surface area contributed by atoms with E-state index in [4.69, 9.17) is 0 Å². The van der Waals surface area contributed by atoms with Crippen LogP contribution in [0.3, 0.4) is 0 Å². The Labute approximate surface area is 136 Å². The van der Waals surface area contributed by atoms with Gasteiger partial charge >= 0.3 is 0 Å². The van der Waals surface area contributed by atoms with Crippen molar-refractivity contribution < 1.29 is 9.18 Å². The van der Waals surface area contributed by atoms with Gasteiger partial charge in [-0.1, -0.05) is 36.8 Å². The number of rotatable bonds is 2. The van der Waals surface area contributed by atoms with E-state index in [2.05, 4.69) is 0 Å². The smallest absolute Gasteiger partial charge is 0.254 e. The first-order chi connectivity index (χ1) is 11.1. The van der Waals surface area contributed by atoms with Crippen molar-refractivity contribution in [2.45, 2.75) is 32.1 Å². The van der Waals surface area contributed by atoms with Crippen LogP contribution in [0.2, 0.25) is 0 Å². The van der Waals surface area contributed by atoms with Crippen molar-refractivity contribution in [2.24, 2.45) is 0 Å². The van der Waals surface area contributed by atoms with Crippen molar-refractivity contribution in [1.82, 2.24) is 4.90 Å². The van der Waals surface area contributed by atoms with E-state index in [0.29, 0.717) is 6.54 Å². The van der Waals surface area contributed by atoms with Gasteiger partial charge in [0.2, 0.25) is 0 Å². The Morgan fingerprint density at radius 3 is 2.57 bits per heavy atom. The van der Waals surface area contributed by atoms with Gasteiger partial charge in [-0.3, -0.25) is 4.79 Å². The van der Waals surface area contributed by atoms with E-state index in [-0.39, 0.29) is 17.6 Å². The van der Waals surface area contributed by atoms with E-state index in [1.807, 2.05) is 48.2 Å². The average molecular weight is 311 g/mol. The fraction of sp³-hybridized carbons (Fsp3) is 0.350. The summed E-state index contributed by atoms with van der Waals surface area (Å²) in [6.45, 7) is 3.48. The molecule has 0 unspecified atom stereocenters. The minimum absolute atomic E-state index is 0.108. The third-order valence-corrected chi connectivity index (χ3v) is 4.68. The molecule has 0 saturated carbocycles. The number of carbonyl (C=O) groups is 1. The van der Waals surface area contributed by atoms with Gasteiger partial charge in [0.25, 0.3) is 5.91 Å². The van der Waals surface area contributed by atoms with Crippen LogP contribution in [0.25, 0.3) is 0 Å². The third-order valence-electron chi connectivity index (χ3n) is 4.68. The fourth-order valence-corrected chi connectivity index (χ4v) is 3.32. The lowest BCUT2D eigenvalue weighted by Gasteiger charge is -2.25. The van der Waals surface area contributed by atoms with Crippen LogP contribution in [0, 0.1) is 12.7 Å². The van der Waals surface area contributed by atoms with Gasteiger partial charge in [0, 0.05) is 24.6 Å². The zero-order valence-corrected chi connectivity index (χ0v) is 13.5. The topological polar surface area (TPSA) is 20.3 Å². The molecule has 0 spiro atoms. The van der Waals surface area contributed by atoms with Crippen molar-refractivity contribution >= 4 is 5.91 Å². The van der Waals surface area contributed by atoms with Crippen molar-refractivity contribution in [3.8, 4) is 0 Å². The number of hydrogen-bond donors (Lipinski definition) is 0. The molecule has 0 radical (unpaired) electrons. The summed E-state index contributed by atoms with van der Waals surface area (Å²) < 4.78 is 13.1. The van der Waals surface area contributed by atoms with E-state index < -0.39 is 0 Å². The van der Waals surface area contributed by atoms with Crippen LogP contribution in [-0.2, 0) is 0 Å². The summed E-state index contributed by atoms with van der Waals surface area (Å²) >= 11 is 0. The second-order valence-electron chi connectivity index (χ2n) is 6.31. The lowest BCUT2D eigenvalue weighted by atomic mass is 9.94. The van der Waals surface area contributed by atoms with E-state index in [9.17, 15) is 9.18 Å². The molecule has 1 saturated heterocycles. The van der Waals surface area contributed by atoms with E-state index in [1.54, 1.807) is 0 Å². The lowest BCUT2D eigenvalue weighted by molar-refractivity contribution is 0.0754. The molecular formula is C20H22FNO. The maximum Gasteiger partial charge on any atom is 0.254 e. The first kappa shape index (κ1) is 15.7. The Balaban J connectivity index is 1.81. The monoisotopic (exact) mass is 311 g/mol. The van der Waals surface area contributed by atoms with Crippen LogP contribution in [0.5, 0.6) is 0 Å². The van der Waals surface area contributed by atoms with Crippen LogP contribution >= 0.6 is 0 Å². The molecule has 2 nitrogen and oxygen atoms in total. The Kier molecular flexibility index (Phi) is 4.75. The Bertz CT molecular complexity index is 680. The van der Waals surface area contributed by atoms with Crippen LogP contribution in [-0.4, -0.2) is 23.9 Å². The highest BCUT2D eigenvalue weighted by Crippen LogP contribution is 2.27. The predicted molar refractivity (Wildman–Crippen MR) is 90.1 cm³/mol. The Morgan fingerprint density at radius 1 is 1.09 bits per heavy atom. The average Bonchev–Trinajstić information content (AvgIpc) is 2.81. The molecule has 0 aromatic heterocycles. The molecule has 2 aromatic rings. The normalized spacial score (nSPS) is 18.5. The Hall–Kier alpha value is -2.16. The second-order valence-corrected chi connectivity index (χ2v) is 6.31. The third kappa shape index (κ3) is 3.61. The minimum atomic E-state index is -0.213. The molecule has 0 bridgehead atoms. The molecule has 2 aromatic carbocycles. The summed E-state index contributed by atoms with van der Waals surface area (Å²) in [6.07, 6.45) is 3.16. The second kappa shape index (κ2) is 6.95. The molecule has 1 amide bonds. The van der Waals surface area contributed by atoms with Crippen LogP contribution < -0.4 is 0 Å². The van der Waals surface area contributed by atoms with Crippen molar-refractivity contribution in [1.29, 1.82) is 0 Å². The van der Waals surface area contributed by atoms with Crippen LogP contribution in [0.4, 0.5) is 4.39 Å². The quantitative estimate of drug-likeness (QED) is 0.797. The summed E-state index contributed by atoms with van der Waals surface area (Å²) in [6, 6.07) is 14.5. The van der Waals surface area contributed by atoms with Crippen LogP contribution in [0.15, 0.2) is 48.5 Å². The number of hydrogen-bond acceptors (Lipinski definition) is 1. The van der Waals surface area contributed by atoms with Crippen LogP contribution in [0.1, 0.15) is 46.7 Å². The zero-order valence-electron chi connectivity index (χ0n) is 13.5. The molecule has 1 heterocycles. The largest absolute Gasteiger partial charge is 0.338 e. The minimum Gasteiger partial charge on any atom is -0.338 e. The summed E-state index contributed by atoms with van der Waals surface area (Å²) in [5, 5.41) is 0. The molecule has 120 valence electrons. The molecular weight excluding hydrogens is 289 g/mol. The van der Waals surface area contributed by atoms with Gasteiger partial charge in [-0.25, -0.2) is 4.39 Å². The number of nitrogens with zero attached hydrogens (tertiary/aromatic N) is 1. The molecule has 1 aliphatic heterocycles. The zero-order chi connectivity index (χ0) is 16.2. The van der Waals surface area contributed by atoms with Crippen molar-refractivity contribution in [3.63, 3.8) is 0 Å². The molecule has 3 rings (SSSR count). The van der Waals surface area contributed by atoms with Gasteiger partial charge in [-0.15, -0.1) is 0 Å². The summed E-state index contributed by atoms with van der Waals surface area (Å²) in [7, 11) is 0. The number of halogens is 1. The van der Waals surface area contributed by atoms with Gasteiger partial charge in [-0.05, 0) is 49.1 Å². The highest BCUT2D eigenvalue weighted by Gasteiger charge is 2.24. The standard InChI is InChI=1S/C20H22FNO/c1-15-6-2-3-8-19(15)20(23)22-13-5-4-7-17(14-22)16-9-11-18(21)12-10-16/h2-3,6,8-12,17H,4-5,7,13-14H2,1H3/t17-/m0/s1. The number of aryl methyl sites for hydroxylation is 1. The molecule has 3 heteroatoms. The first-order valence-electron chi connectivity index (χ1n) is 8.25. The van der Waals surface area contributed by atoms with Crippen molar-refractivity contribution in [3.05, 3.63) is 71.0 Å². The summed E-state index contributed by atoms with van der Waals surface area (Å²) in [5.74, 6) is 0.179. The van der Waals surface area contributed by atoms with E-state index in [1.165, 1.54) is 12.1 Å². The van der Waals surface area contributed by atoms with Gasteiger partial charge in [0.15, 0.2) is 0 Å². The van der Waals surface area contributed by atoms with Gasteiger partial charge in [0.05, 0.1) is 0 Å². The molecule has 0 aliphatic carbocycles. The lowest BCUT2D eigenvalue weighted by Crippen LogP contribution is -2.34. The molecule has 23 heavy (non-hydrogen) atoms. The molecule has 1 fully saturated rings. The van der Waals surface area contributed by atoms with E-state index in [0.717, 1.165) is 42.5 Å². The summed E-state index contributed by atoms with van der Waals surface area (Å²) in [4.78, 5) is 14.8. The SMILES string of the molecule is Cc1ccccc1C(=O)N1CCCC[C@H](c2ccc(F)cc2)C1. The number of likely N-dealkylation sites (tertiary alicyclic amines) is 1. The number of benzene rings is 2. The van der Waals surface area contributed by atoms with Gasteiger partial charge < -0.3 is 4.90 Å². The maximum atomic E-state index is 13.1.